The van der Waals surface area contributed by atoms with Gasteiger partial charge in [0.2, 0.25) is 0 Å². The molecule has 114 valence electrons. The number of piperidine rings is 1. The van der Waals surface area contributed by atoms with E-state index in [0.717, 1.165) is 25.9 Å². The largest absolute Gasteiger partial charge is 0.481 e. The van der Waals surface area contributed by atoms with Gasteiger partial charge in [-0.15, -0.1) is 0 Å². The molecule has 0 bridgehead atoms. The minimum Gasteiger partial charge on any atom is -0.481 e. The minimum atomic E-state index is -0.785. The summed E-state index contributed by atoms with van der Waals surface area (Å²) in [6.07, 6.45) is 2.68. The van der Waals surface area contributed by atoms with Crippen molar-refractivity contribution >= 4 is 12.0 Å². The molecule has 1 N–H and O–H groups in total. The summed E-state index contributed by atoms with van der Waals surface area (Å²) in [5.41, 5.74) is 0.303. The van der Waals surface area contributed by atoms with Crippen molar-refractivity contribution in [3.8, 4) is 0 Å². The molecule has 20 heavy (non-hydrogen) atoms. The van der Waals surface area contributed by atoms with Crippen LogP contribution in [-0.4, -0.2) is 53.1 Å². The van der Waals surface area contributed by atoms with Gasteiger partial charge in [-0.05, 0) is 30.6 Å². The Morgan fingerprint density at radius 2 is 1.55 bits per heavy atom. The number of carbonyl (C=O) groups is 2. The summed E-state index contributed by atoms with van der Waals surface area (Å²) in [5, 5.41) is 9.00. The van der Waals surface area contributed by atoms with Crippen molar-refractivity contribution in [3.63, 3.8) is 0 Å². The molecule has 0 spiro atoms. The van der Waals surface area contributed by atoms with Crippen LogP contribution in [0.1, 0.15) is 40.0 Å². The van der Waals surface area contributed by atoms with Crippen LogP contribution in [0, 0.1) is 17.3 Å². The summed E-state index contributed by atoms with van der Waals surface area (Å²) >= 11 is 0. The van der Waals surface area contributed by atoms with Crippen molar-refractivity contribution in [3.05, 3.63) is 0 Å². The van der Waals surface area contributed by atoms with E-state index in [1.165, 1.54) is 0 Å². The Hall–Kier alpha value is -1.26. The lowest BCUT2D eigenvalue weighted by Gasteiger charge is -2.39. The maximum absolute atomic E-state index is 12.4. The Bertz CT molecular complexity index is 381. The molecule has 2 amide bonds. The average Bonchev–Trinajstić information content (AvgIpc) is 2.86. The van der Waals surface area contributed by atoms with Crippen molar-refractivity contribution in [2.24, 2.45) is 17.3 Å². The summed E-state index contributed by atoms with van der Waals surface area (Å²) in [6, 6.07) is 0.0288. The topological polar surface area (TPSA) is 60.9 Å². The highest BCUT2D eigenvalue weighted by molar-refractivity contribution is 5.77. The van der Waals surface area contributed by atoms with Crippen LogP contribution in [0.25, 0.3) is 0 Å². The molecule has 2 saturated heterocycles. The molecular weight excluding hydrogens is 256 g/mol. The van der Waals surface area contributed by atoms with Gasteiger partial charge in [0, 0.05) is 26.2 Å². The molecule has 2 aliphatic heterocycles. The molecule has 2 aliphatic rings. The van der Waals surface area contributed by atoms with Gasteiger partial charge < -0.3 is 14.9 Å². The summed E-state index contributed by atoms with van der Waals surface area (Å²) in [5.74, 6) is -0.505. The van der Waals surface area contributed by atoms with Crippen molar-refractivity contribution in [2.75, 3.05) is 26.2 Å². The molecule has 0 aromatic carbocycles. The molecule has 2 rings (SSSR count). The molecule has 0 aliphatic carbocycles. The highest BCUT2D eigenvalue weighted by Crippen LogP contribution is 2.34. The van der Waals surface area contributed by atoms with Crippen LogP contribution < -0.4 is 0 Å². The maximum atomic E-state index is 12.4. The van der Waals surface area contributed by atoms with E-state index in [2.05, 4.69) is 20.8 Å². The van der Waals surface area contributed by atoms with Gasteiger partial charge in [0.15, 0.2) is 0 Å². The van der Waals surface area contributed by atoms with E-state index in [1.54, 1.807) is 4.90 Å². The van der Waals surface area contributed by atoms with Crippen molar-refractivity contribution in [1.29, 1.82) is 0 Å². The zero-order valence-electron chi connectivity index (χ0n) is 12.8. The van der Waals surface area contributed by atoms with E-state index < -0.39 is 5.97 Å². The monoisotopic (exact) mass is 282 g/mol. The number of hydrogen-bond donors (Lipinski definition) is 1. The van der Waals surface area contributed by atoms with E-state index in [-0.39, 0.29) is 11.9 Å². The van der Waals surface area contributed by atoms with Gasteiger partial charge in [-0.3, -0.25) is 4.79 Å². The number of amides is 2. The zero-order chi connectivity index (χ0) is 14.9. The lowest BCUT2D eigenvalue weighted by molar-refractivity contribution is -0.141. The van der Waals surface area contributed by atoms with Crippen LogP contribution in [-0.2, 0) is 4.79 Å². The van der Waals surface area contributed by atoms with Gasteiger partial charge in [0.1, 0.15) is 0 Å². The fourth-order valence-electron chi connectivity index (χ4n) is 3.27. The Morgan fingerprint density at radius 3 is 2.00 bits per heavy atom. The standard InChI is InChI=1S/C15H26N2O3/c1-15(2,3)12-5-8-16(9-6-12)14(20)17-7-4-11(10-17)13(18)19/h11-12H,4-10H2,1-3H3,(H,18,19). The second kappa shape index (κ2) is 5.62. The highest BCUT2D eigenvalue weighted by Gasteiger charge is 2.35. The van der Waals surface area contributed by atoms with Crippen LogP contribution in [0.2, 0.25) is 0 Å². The van der Waals surface area contributed by atoms with E-state index in [0.29, 0.717) is 30.8 Å². The molecule has 1 unspecified atom stereocenters. The third-order valence-corrected chi connectivity index (χ3v) is 4.80. The number of carbonyl (C=O) groups excluding carboxylic acids is 1. The third kappa shape index (κ3) is 3.25. The predicted molar refractivity (Wildman–Crippen MR) is 76.5 cm³/mol. The first-order valence-electron chi connectivity index (χ1n) is 7.55. The lowest BCUT2D eigenvalue weighted by Crippen LogP contribution is -2.47. The molecule has 2 heterocycles. The van der Waals surface area contributed by atoms with Crippen molar-refractivity contribution < 1.29 is 14.7 Å². The Morgan fingerprint density at radius 1 is 1.00 bits per heavy atom. The van der Waals surface area contributed by atoms with E-state index in [9.17, 15) is 9.59 Å². The normalized spacial score (nSPS) is 25.1. The second-order valence-electron chi connectivity index (χ2n) is 7.18. The number of aliphatic carboxylic acids is 1. The number of nitrogens with zero attached hydrogens (tertiary/aromatic N) is 2. The van der Waals surface area contributed by atoms with Gasteiger partial charge in [0.05, 0.1) is 5.92 Å². The molecule has 1 atom stereocenters. The van der Waals surface area contributed by atoms with Crippen LogP contribution >= 0.6 is 0 Å². The quantitative estimate of drug-likeness (QED) is 0.802. The summed E-state index contributed by atoms with van der Waals surface area (Å²) < 4.78 is 0. The molecule has 0 aromatic rings. The number of hydrogen-bond acceptors (Lipinski definition) is 2. The van der Waals surface area contributed by atoms with Crippen LogP contribution in [0.5, 0.6) is 0 Å². The maximum Gasteiger partial charge on any atom is 0.320 e. The predicted octanol–water partition coefficient (Wildman–Crippen LogP) is 2.27. The molecular formula is C15H26N2O3. The lowest BCUT2D eigenvalue weighted by atomic mass is 9.75. The number of likely N-dealkylation sites (tertiary alicyclic amines) is 2. The summed E-state index contributed by atoms with van der Waals surface area (Å²) in [7, 11) is 0. The van der Waals surface area contributed by atoms with E-state index in [1.807, 2.05) is 4.90 Å². The highest BCUT2D eigenvalue weighted by atomic mass is 16.4. The van der Waals surface area contributed by atoms with Gasteiger partial charge in [-0.25, -0.2) is 4.79 Å². The van der Waals surface area contributed by atoms with Crippen LogP contribution in [0.3, 0.4) is 0 Å². The van der Waals surface area contributed by atoms with Crippen LogP contribution in [0.4, 0.5) is 4.79 Å². The van der Waals surface area contributed by atoms with Gasteiger partial charge in [-0.2, -0.15) is 0 Å². The fourth-order valence-corrected chi connectivity index (χ4v) is 3.27. The zero-order valence-corrected chi connectivity index (χ0v) is 12.8. The molecule has 5 heteroatoms. The number of rotatable bonds is 1. The third-order valence-electron chi connectivity index (χ3n) is 4.80. The Balaban J connectivity index is 1.85. The van der Waals surface area contributed by atoms with Crippen LogP contribution in [0.15, 0.2) is 0 Å². The molecule has 0 saturated carbocycles. The minimum absolute atomic E-state index is 0.0288. The summed E-state index contributed by atoms with van der Waals surface area (Å²) in [6.45, 7) is 9.32. The second-order valence-corrected chi connectivity index (χ2v) is 7.18. The van der Waals surface area contributed by atoms with E-state index >= 15 is 0 Å². The van der Waals surface area contributed by atoms with Crippen molar-refractivity contribution in [1.82, 2.24) is 9.80 Å². The number of carboxylic acid groups (broad SMARTS) is 1. The Labute approximate surface area is 120 Å². The molecule has 0 radical (unpaired) electrons. The van der Waals surface area contributed by atoms with Crippen molar-refractivity contribution in [2.45, 2.75) is 40.0 Å². The molecule has 5 nitrogen and oxygen atoms in total. The first-order chi connectivity index (χ1) is 9.29. The fraction of sp³-hybridized carbons (Fsp3) is 0.867. The van der Waals surface area contributed by atoms with Gasteiger partial charge >= 0.3 is 12.0 Å². The summed E-state index contributed by atoms with van der Waals surface area (Å²) in [4.78, 5) is 26.9. The van der Waals surface area contributed by atoms with Gasteiger partial charge in [-0.1, -0.05) is 20.8 Å². The smallest absolute Gasteiger partial charge is 0.320 e. The number of urea groups is 1. The Kier molecular flexibility index (Phi) is 4.25. The average molecular weight is 282 g/mol. The first kappa shape index (κ1) is 15.1. The first-order valence-corrected chi connectivity index (χ1v) is 7.55. The SMILES string of the molecule is CC(C)(C)C1CCN(C(=O)N2CCC(C(=O)O)C2)CC1. The van der Waals surface area contributed by atoms with E-state index in [4.69, 9.17) is 5.11 Å². The van der Waals surface area contributed by atoms with Gasteiger partial charge in [0.25, 0.3) is 0 Å². The molecule has 0 aromatic heterocycles. The number of carboxylic acids is 1. The molecule has 2 fully saturated rings.